The van der Waals surface area contributed by atoms with Gasteiger partial charge in [-0.1, -0.05) is 18.2 Å². The van der Waals surface area contributed by atoms with E-state index >= 15 is 0 Å². The van der Waals surface area contributed by atoms with Crippen molar-refractivity contribution in [3.63, 3.8) is 0 Å². The second kappa shape index (κ2) is 4.78. The van der Waals surface area contributed by atoms with Crippen molar-refractivity contribution < 1.29 is 9.53 Å². The molecule has 1 aromatic carbocycles. The predicted molar refractivity (Wildman–Crippen MR) is 66.9 cm³/mol. The highest BCUT2D eigenvalue weighted by atomic mass is 16.5. The van der Waals surface area contributed by atoms with Crippen molar-refractivity contribution in [2.45, 2.75) is 25.8 Å². The Morgan fingerprint density at radius 2 is 2.06 bits per heavy atom. The van der Waals surface area contributed by atoms with E-state index in [0.29, 0.717) is 0 Å². The second-order valence-electron chi connectivity index (χ2n) is 4.64. The average Bonchev–Trinajstić information content (AvgIpc) is 3.20. The van der Waals surface area contributed by atoms with Gasteiger partial charge >= 0.3 is 0 Å². The van der Waals surface area contributed by atoms with Gasteiger partial charge in [0.05, 0.1) is 13.2 Å². The zero-order valence-electron chi connectivity index (χ0n) is 10.6. The fourth-order valence-corrected chi connectivity index (χ4v) is 2.03. The van der Waals surface area contributed by atoms with Gasteiger partial charge in [0.1, 0.15) is 5.75 Å². The molecule has 0 radical (unpaired) electrons. The molecule has 17 heavy (non-hydrogen) atoms. The summed E-state index contributed by atoms with van der Waals surface area (Å²) in [6.07, 6.45) is 2.09. The highest BCUT2D eigenvalue weighted by Crippen LogP contribution is 2.35. The molecular formula is C14H19NO2. The summed E-state index contributed by atoms with van der Waals surface area (Å²) in [5.74, 6) is 1.36. The molecule has 3 heteroatoms. The number of carbonyl (C=O) groups is 1. The van der Waals surface area contributed by atoms with Crippen LogP contribution in [0.3, 0.4) is 0 Å². The summed E-state index contributed by atoms with van der Waals surface area (Å²) in [7, 11) is 3.53. The molecule has 1 fully saturated rings. The Kier molecular flexibility index (Phi) is 3.36. The predicted octanol–water partition coefficient (Wildman–Crippen LogP) is 2.62. The van der Waals surface area contributed by atoms with E-state index in [4.69, 9.17) is 4.74 Å². The van der Waals surface area contributed by atoms with Gasteiger partial charge in [0.15, 0.2) is 0 Å². The molecule has 1 aromatic rings. The summed E-state index contributed by atoms with van der Waals surface area (Å²) in [6, 6.07) is 7.92. The number of hydrogen-bond acceptors (Lipinski definition) is 2. The fourth-order valence-electron chi connectivity index (χ4n) is 2.03. The van der Waals surface area contributed by atoms with Crippen LogP contribution in [0.4, 0.5) is 0 Å². The van der Waals surface area contributed by atoms with Crippen LogP contribution in [-0.2, 0) is 4.79 Å². The van der Waals surface area contributed by atoms with Crippen LogP contribution in [0.25, 0.3) is 0 Å². The van der Waals surface area contributed by atoms with Crippen molar-refractivity contribution in [1.82, 2.24) is 4.90 Å². The first kappa shape index (κ1) is 12.0. The maximum Gasteiger partial charge on any atom is 0.225 e. The first-order chi connectivity index (χ1) is 8.15. The largest absolute Gasteiger partial charge is 0.496 e. The van der Waals surface area contributed by atoms with Crippen LogP contribution in [0.15, 0.2) is 24.3 Å². The van der Waals surface area contributed by atoms with Crippen molar-refractivity contribution in [2.75, 3.05) is 14.2 Å². The van der Waals surface area contributed by atoms with E-state index in [-0.39, 0.29) is 17.9 Å². The van der Waals surface area contributed by atoms with Crippen LogP contribution in [0.1, 0.15) is 31.4 Å². The second-order valence-corrected chi connectivity index (χ2v) is 4.64. The number of nitrogens with zero attached hydrogens (tertiary/aromatic N) is 1. The molecule has 0 heterocycles. The highest BCUT2D eigenvalue weighted by molar-refractivity contribution is 5.81. The van der Waals surface area contributed by atoms with Crippen molar-refractivity contribution in [1.29, 1.82) is 0 Å². The van der Waals surface area contributed by atoms with Crippen LogP contribution >= 0.6 is 0 Å². The van der Waals surface area contributed by atoms with Crippen LogP contribution in [0, 0.1) is 5.92 Å². The van der Waals surface area contributed by atoms with E-state index in [1.165, 1.54) is 0 Å². The monoisotopic (exact) mass is 233 g/mol. The maximum absolute atomic E-state index is 12.0. The van der Waals surface area contributed by atoms with Gasteiger partial charge in [-0.25, -0.2) is 0 Å². The van der Waals surface area contributed by atoms with Gasteiger partial charge in [-0.2, -0.15) is 0 Å². The molecular weight excluding hydrogens is 214 g/mol. The SMILES string of the molecule is COc1ccccc1C(C)N(C)C(=O)C1CC1. The third-order valence-electron chi connectivity index (χ3n) is 3.44. The lowest BCUT2D eigenvalue weighted by atomic mass is 10.1. The number of amides is 1. The van der Waals surface area contributed by atoms with Gasteiger partial charge in [-0.05, 0) is 25.8 Å². The third-order valence-corrected chi connectivity index (χ3v) is 3.44. The molecule has 0 saturated heterocycles. The van der Waals surface area contributed by atoms with E-state index in [9.17, 15) is 4.79 Å². The summed E-state index contributed by atoms with van der Waals surface area (Å²) in [5, 5.41) is 0. The first-order valence-corrected chi connectivity index (χ1v) is 6.04. The van der Waals surface area contributed by atoms with Crippen LogP contribution in [-0.4, -0.2) is 25.0 Å². The molecule has 1 unspecified atom stereocenters. The summed E-state index contributed by atoms with van der Waals surface area (Å²) < 4.78 is 5.33. The molecule has 0 bridgehead atoms. The van der Waals surface area contributed by atoms with Gasteiger partial charge in [-0.3, -0.25) is 4.79 Å². The Balaban J connectivity index is 2.17. The standard InChI is InChI=1S/C14H19NO2/c1-10(15(2)14(16)11-8-9-11)12-6-4-5-7-13(12)17-3/h4-7,10-11H,8-9H2,1-3H3. The normalized spacial score (nSPS) is 16.4. The minimum atomic E-state index is 0.0549. The summed E-state index contributed by atoms with van der Waals surface area (Å²) in [4.78, 5) is 13.8. The number of methoxy groups -OCH3 is 1. The van der Waals surface area contributed by atoms with E-state index < -0.39 is 0 Å². The molecule has 1 atom stereocenters. The van der Waals surface area contributed by atoms with Crippen LogP contribution in [0.5, 0.6) is 5.75 Å². The number of hydrogen-bond donors (Lipinski definition) is 0. The lowest BCUT2D eigenvalue weighted by Crippen LogP contribution is -2.31. The molecule has 3 nitrogen and oxygen atoms in total. The van der Waals surface area contributed by atoms with Crippen molar-refractivity contribution >= 4 is 5.91 Å². The van der Waals surface area contributed by atoms with Gasteiger partial charge in [0, 0.05) is 18.5 Å². The van der Waals surface area contributed by atoms with E-state index in [1.54, 1.807) is 7.11 Å². The Hall–Kier alpha value is -1.51. The molecule has 2 rings (SSSR count). The van der Waals surface area contributed by atoms with Crippen molar-refractivity contribution in [2.24, 2.45) is 5.92 Å². The van der Waals surface area contributed by atoms with E-state index in [1.807, 2.05) is 43.1 Å². The lowest BCUT2D eigenvalue weighted by Gasteiger charge is -2.26. The fraction of sp³-hybridized carbons (Fsp3) is 0.500. The Bertz CT molecular complexity index is 412. The molecule has 0 aromatic heterocycles. The molecule has 0 aliphatic heterocycles. The smallest absolute Gasteiger partial charge is 0.225 e. The summed E-state index contributed by atoms with van der Waals surface area (Å²) in [5.41, 5.74) is 1.06. The molecule has 1 aliphatic carbocycles. The number of carbonyl (C=O) groups excluding carboxylic acids is 1. The zero-order valence-corrected chi connectivity index (χ0v) is 10.6. The van der Waals surface area contributed by atoms with Gasteiger partial charge in [0.2, 0.25) is 5.91 Å². The number of para-hydroxylation sites is 1. The number of rotatable bonds is 4. The average molecular weight is 233 g/mol. The van der Waals surface area contributed by atoms with Gasteiger partial charge in [0.25, 0.3) is 0 Å². The number of benzene rings is 1. The van der Waals surface area contributed by atoms with Gasteiger partial charge in [-0.15, -0.1) is 0 Å². The third kappa shape index (κ3) is 2.43. The molecule has 1 aliphatic rings. The minimum Gasteiger partial charge on any atom is -0.496 e. The molecule has 1 saturated carbocycles. The zero-order chi connectivity index (χ0) is 12.4. The van der Waals surface area contributed by atoms with Crippen molar-refractivity contribution in [3.8, 4) is 5.75 Å². The van der Waals surface area contributed by atoms with Crippen LogP contribution in [0.2, 0.25) is 0 Å². The van der Waals surface area contributed by atoms with E-state index in [2.05, 4.69) is 0 Å². The van der Waals surface area contributed by atoms with Crippen LogP contribution < -0.4 is 4.74 Å². The molecule has 0 N–H and O–H groups in total. The molecule has 0 spiro atoms. The highest BCUT2D eigenvalue weighted by Gasteiger charge is 2.34. The quantitative estimate of drug-likeness (QED) is 0.800. The maximum atomic E-state index is 12.0. The first-order valence-electron chi connectivity index (χ1n) is 6.04. The molecule has 92 valence electrons. The summed E-state index contributed by atoms with van der Waals surface area (Å²) >= 11 is 0. The Morgan fingerprint density at radius 1 is 1.41 bits per heavy atom. The Labute approximate surface area is 102 Å². The molecule has 1 amide bonds. The number of ether oxygens (including phenoxy) is 1. The Morgan fingerprint density at radius 3 is 2.65 bits per heavy atom. The lowest BCUT2D eigenvalue weighted by molar-refractivity contribution is -0.133. The topological polar surface area (TPSA) is 29.5 Å². The van der Waals surface area contributed by atoms with E-state index in [0.717, 1.165) is 24.2 Å². The minimum absolute atomic E-state index is 0.0549. The van der Waals surface area contributed by atoms with Gasteiger partial charge < -0.3 is 9.64 Å². The summed E-state index contributed by atoms with van der Waals surface area (Å²) in [6.45, 7) is 2.04. The van der Waals surface area contributed by atoms with Crippen molar-refractivity contribution in [3.05, 3.63) is 29.8 Å².